The minimum Gasteiger partial charge on any atom is -0.508 e. The van der Waals surface area contributed by atoms with Crippen LogP contribution in [0.1, 0.15) is 17.2 Å². The van der Waals surface area contributed by atoms with E-state index in [2.05, 4.69) is 0 Å². The Bertz CT molecular complexity index is 810. The summed E-state index contributed by atoms with van der Waals surface area (Å²) >= 11 is 0. The van der Waals surface area contributed by atoms with Crippen molar-refractivity contribution in [3.8, 4) is 23.0 Å². The van der Waals surface area contributed by atoms with Crippen LogP contribution in [0.15, 0.2) is 42.2 Å². The van der Waals surface area contributed by atoms with Gasteiger partial charge in [0.15, 0.2) is 23.0 Å². The van der Waals surface area contributed by atoms with Gasteiger partial charge >= 0.3 is 0 Å². The standard InChI is InChI=1S/C16H12O6/c17-8-2-3-9-12(6-8)21-14(13(20)16-15(9)22-16)7-1-4-10(18)11(19)5-7/h1-6,15-20H. The Kier molecular flexibility index (Phi) is 2.52. The number of hydrogen-bond donors (Lipinski definition) is 4. The van der Waals surface area contributed by atoms with Crippen LogP contribution in [0.4, 0.5) is 0 Å². The Labute approximate surface area is 125 Å². The quantitative estimate of drug-likeness (QED) is 0.477. The van der Waals surface area contributed by atoms with Gasteiger partial charge < -0.3 is 29.9 Å². The van der Waals surface area contributed by atoms with Crippen molar-refractivity contribution >= 4 is 5.76 Å². The molecule has 0 amide bonds. The van der Waals surface area contributed by atoms with Gasteiger partial charge in [0.1, 0.15) is 23.7 Å². The predicted octanol–water partition coefficient (Wildman–Crippen LogP) is 2.56. The highest BCUT2D eigenvalue weighted by atomic mass is 16.6. The lowest BCUT2D eigenvalue weighted by atomic mass is 10.1. The molecule has 0 spiro atoms. The second-order valence-corrected chi connectivity index (χ2v) is 5.22. The summed E-state index contributed by atoms with van der Waals surface area (Å²) < 4.78 is 11.2. The second-order valence-electron chi connectivity index (χ2n) is 5.22. The Morgan fingerprint density at radius 2 is 1.64 bits per heavy atom. The van der Waals surface area contributed by atoms with E-state index in [1.807, 2.05) is 0 Å². The van der Waals surface area contributed by atoms with Crippen molar-refractivity contribution in [2.45, 2.75) is 12.2 Å². The summed E-state index contributed by atoms with van der Waals surface area (Å²) in [6, 6.07) is 8.73. The third-order valence-electron chi connectivity index (χ3n) is 3.75. The second kappa shape index (κ2) is 4.32. The Balaban J connectivity index is 1.84. The average molecular weight is 300 g/mol. The van der Waals surface area contributed by atoms with Crippen LogP contribution in [0, 0.1) is 0 Å². The van der Waals surface area contributed by atoms with Crippen LogP contribution < -0.4 is 4.74 Å². The van der Waals surface area contributed by atoms with Crippen molar-refractivity contribution in [1.82, 2.24) is 0 Å². The maximum Gasteiger partial charge on any atom is 0.175 e. The fourth-order valence-corrected chi connectivity index (χ4v) is 2.57. The van der Waals surface area contributed by atoms with Gasteiger partial charge in [-0.05, 0) is 30.3 Å². The number of phenolic OH excluding ortho intramolecular Hbond substituents is 3. The fraction of sp³-hybridized carbons (Fsp3) is 0.125. The number of aliphatic hydroxyl groups is 1. The first-order valence-electron chi connectivity index (χ1n) is 6.66. The SMILES string of the molecule is OC1=C(c2ccc(O)c(O)c2)Oc2cc(O)ccc2C2OC12. The van der Waals surface area contributed by atoms with Crippen LogP contribution in [0.2, 0.25) is 0 Å². The lowest BCUT2D eigenvalue weighted by molar-refractivity contribution is 0.301. The molecule has 2 heterocycles. The van der Waals surface area contributed by atoms with Gasteiger partial charge in [0.25, 0.3) is 0 Å². The van der Waals surface area contributed by atoms with E-state index in [-0.39, 0.29) is 34.9 Å². The molecular formula is C16H12O6. The molecule has 2 aromatic rings. The number of hydrogen-bond acceptors (Lipinski definition) is 6. The number of aliphatic hydroxyl groups excluding tert-OH is 1. The van der Waals surface area contributed by atoms with Crippen LogP contribution in [-0.2, 0) is 4.74 Å². The molecular weight excluding hydrogens is 288 g/mol. The first-order valence-corrected chi connectivity index (χ1v) is 6.66. The molecule has 22 heavy (non-hydrogen) atoms. The minimum atomic E-state index is -0.517. The molecule has 4 rings (SSSR count). The van der Waals surface area contributed by atoms with E-state index in [4.69, 9.17) is 9.47 Å². The van der Waals surface area contributed by atoms with E-state index in [1.165, 1.54) is 30.3 Å². The molecule has 0 aliphatic carbocycles. The molecule has 1 saturated heterocycles. The summed E-state index contributed by atoms with van der Waals surface area (Å²) in [7, 11) is 0. The highest BCUT2D eigenvalue weighted by Crippen LogP contribution is 2.51. The minimum absolute atomic E-state index is 0.0326. The molecule has 2 aliphatic heterocycles. The van der Waals surface area contributed by atoms with Crippen molar-refractivity contribution in [2.75, 3.05) is 0 Å². The predicted molar refractivity (Wildman–Crippen MR) is 75.7 cm³/mol. The lowest BCUT2D eigenvalue weighted by Crippen LogP contribution is -2.02. The zero-order valence-corrected chi connectivity index (χ0v) is 11.2. The van der Waals surface area contributed by atoms with Gasteiger partial charge in [0.2, 0.25) is 0 Å². The van der Waals surface area contributed by atoms with Crippen LogP contribution in [-0.4, -0.2) is 26.5 Å². The number of phenols is 3. The van der Waals surface area contributed by atoms with Gasteiger partial charge in [-0.1, -0.05) is 0 Å². The van der Waals surface area contributed by atoms with E-state index in [9.17, 15) is 20.4 Å². The van der Waals surface area contributed by atoms with Gasteiger partial charge in [0.05, 0.1) is 0 Å². The number of aromatic hydroxyl groups is 3. The molecule has 1 fully saturated rings. The van der Waals surface area contributed by atoms with E-state index in [0.717, 1.165) is 5.56 Å². The Hall–Kier alpha value is -2.86. The van der Waals surface area contributed by atoms with E-state index >= 15 is 0 Å². The van der Waals surface area contributed by atoms with Crippen LogP contribution in [0.3, 0.4) is 0 Å². The summed E-state index contributed by atoms with van der Waals surface area (Å²) in [6.07, 6.45) is -0.837. The highest BCUT2D eigenvalue weighted by molar-refractivity contribution is 5.69. The molecule has 2 unspecified atom stereocenters. The van der Waals surface area contributed by atoms with Crippen molar-refractivity contribution in [1.29, 1.82) is 0 Å². The lowest BCUT2D eigenvalue weighted by Gasteiger charge is -2.13. The molecule has 2 aromatic carbocycles. The van der Waals surface area contributed by atoms with Crippen LogP contribution in [0.5, 0.6) is 23.0 Å². The Morgan fingerprint density at radius 3 is 2.41 bits per heavy atom. The maximum absolute atomic E-state index is 10.3. The van der Waals surface area contributed by atoms with E-state index in [0.29, 0.717) is 11.3 Å². The van der Waals surface area contributed by atoms with Gasteiger partial charge in [-0.25, -0.2) is 0 Å². The van der Waals surface area contributed by atoms with Crippen LogP contribution in [0.25, 0.3) is 5.76 Å². The zero-order chi connectivity index (χ0) is 15.4. The summed E-state index contributed by atoms with van der Waals surface area (Å²) in [5.74, 6) is -0.159. The van der Waals surface area contributed by atoms with Crippen molar-refractivity contribution in [2.24, 2.45) is 0 Å². The normalized spacial score (nSPS) is 22.4. The fourth-order valence-electron chi connectivity index (χ4n) is 2.57. The monoisotopic (exact) mass is 300 g/mol. The summed E-state index contributed by atoms with van der Waals surface area (Å²) in [6.45, 7) is 0. The zero-order valence-electron chi connectivity index (χ0n) is 11.2. The van der Waals surface area contributed by atoms with Gasteiger partial charge in [-0.3, -0.25) is 0 Å². The third kappa shape index (κ3) is 1.85. The first-order chi connectivity index (χ1) is 10.5. The number of benzene rings is 2. The van der Waals surface area contributed by atoms with Crippen molar-refractivity contribution in [3.63, 3.8) is 0 Å². The molecule has 0 aromatic heterocycles. The number of rotatable bonds is 1. The van der Waals surface area contributed by atoms with Crippen LogP contribution >= 0.6 is 0 Å². The van der Waals surface area contributed by atoms with E-state index < -0.39 is 6.10 Å². The van der Waals surface area contributed by atoms with Crippen molar-refractivity contribution < 1.29 is 29.9 Å². The van der Waals surface area contributed by atoms with E-state index in [1.54, 1.807) is 6.07 Å². The molecule has 6 nitrogen and oxygen atoms in total. The smallest absolute Gasteiger partial charge is 0.175 e. The average Bonchev–Trinajstić information content (AvgIpc) is 3.27. The number of ether oxygens (including phenoxy) is 2. The van der Waals surface area contributed by atoms with Crippen molar-refractivity contribution in [3.05, 3.63) is 53.3 Å². The maximum atomic E-state index is 10.3. The molecule has 2 aliphatic rings. The van der Waals surface area contributed by atoms with Gasteiger partial charge in [-0.15, -0.1) is 0 Å². The highest BCUT2D eigenvalue weighted by Gasteiger charge is 2.49. The molecule has 0 saturated carbocycles. The molecule has 4 N–H and O–H groups in total. The number of fused-ring (bicyclic) bond motifs is 3. The molecule has 0 bridgehead atoms. The summed E-state index contributed by atoms with van der Waals surface area (Å²) in [5.41, 5.74) is 1.12. The Morgan fingerprint density at radius 1 is 0.818 bits per heavy atom. The third-order valence-corrected chi connectivity index (χ3v) is 3.75. The molecule has 0 radical (unpaired) electrons. The largest absolute Gasteiger partial charge is 0.508 e. The topological polar surface area (TPSA) is 103 Å². The molecule has 6 heteroatoms. The van der Waals surface area contributed by atoms with Gasteiger partial charge in [-0.2, -0.15) is 0 Å². The molecule has 112 valence electrons. The van der Waals surface area contributed by atoms with Gasteiger partial charge in [0, 0.05) is 17.2 Å². The summed E-state index contributed by atoms with van der Waals surface area (Å²) in [4.78, 5) is 0. The summed E-state index contributed by atoms with van der Waals surface area (Å²) in [5, 5.41) is 39.0. The first kappa shape index (κ1) is 12.8. The number of epoxide rings is 1. The molecule has 2 atom stereocenters.